The molecule has 14 nitrogen and oxygen atoms in total. The van der Waals surface area contributed by atoms with E-state index in [2.05, 4.69) is 36.9 Å². The second-order valence-electron chi connectivity index (χ2n) is 7.34. The monoisotopic (exact) mass is 547 g/mol. The van der Waals surface area contributed by atoms with Crippen molar-refractivity contribution < 1.29 is 42.9 Å². The van der Waals surface area contributed by atoms with Gasteiger partial charge < -0.3 is 29.6 Å². The molecule has 0 bridgehead atoms. The van der Waals surface area contributed by atoms with Gasteiger partial charge in [-0.3, -0.25) is 24.0 Å². The van der Waals surface area contributed by atoms with Gasteiger partial charge in [0.2, 0.25) is 11.8 Å². The molecule has 188 valence electrons. The van der Waals surface area contributed by atoms with Crippen LogP contribution in [0.2, 0.25) is 0 Å². The summed E-state index contributed by atoms with van der Waals surface area (Å²) in [6, 6.07) is -1.06. The van der Waals surface area contributed by atoms with Gasteiger partial charge >= 0.3 is 17.9 Å². The number of carbonyl (C=O) groups excluding carboxylic acids is 5. The molecular weight excluding hydrogens is 522 g/mol. The fourth-order valence-electron chi connectivity index (χ4n) is 3.29. The number of ether oxygens (including phenoxy) is 4. The normalized spacial score (nSPS) is 24.0. The molecule has 0 radical (unpaired) electrons. The molecule has 2 unspecified atom stereocenters. The first-order chi connectivity index (χ1) is 16.0. The van der Waals surface area contributed by atoms with Crippen molar-refractivity contribution in [2.45, 2.75) is 64.8 Å². The molecule has 0 aromatic carbocycles. The topological polar surface area (TPSA) is 177 Å². The number of amides is 2. The minimum atomic E-state index is -1.22. The van der Waals surface area contributed by atoms with Gasteiger partial charge in [-0.25, -0.2) is 4.68 Å². The summed E-state index contributed by atoms with van der Waals surface area (Å²) < 4.78 is 23.1. The van der Waals surface area contributed by atoms with E-state index in [0.717, 1.165) is 13.8 Å². The van der Waals surface area contributed by atoms with Crippen LogP contribution in [0.25, 0.3) is 0 Å². The molecule has 1 aromatic heterocycles. The first-order valence-corrected chi connectivity index (χ1v) is 11.3. The van der Waals surface area contributed by atoms with Crippen molar-refractivity contribution in [3.05, 3.63) is 11.9 Å². The van der Waals surface area contributed by atoms with Gasteiger partial charge in [0.25, 0.3) is 0 Å². The third-order valence-electron chi connectivity index (χ3n) is 4.50. The molecular formula is C19H26BrN5O9. The van der Waals surface area contributed by atoms with Gasteiger partial charge in [0.05, 0.1) is 18.1 Å². The summed E-state index contributed by atoms with van der Waals surface area (Å²) in [5, 5.41) is 13.3. The number of rotatable bonds is 9. The van der Waals surface area contributed by atoms with Gasteiger partial charge in [-0.1, -0.05) is 21.1 Å². The Balaban J connectivity index is 2.44. The summed E-state index contributed by atoms with van der Waals surface area (Å²) in [6.45, 7) is 4.48. The standard InChI is InChI=1S/C19H26BrN5O9/c1-9(26)22-16-18(33-12(4)29)17(32-11(3)28)14(8-31-10(2)27)34-19(16)25-7-13(23-24-25)6-21-15(30)5-20/h7,14,16-19H,5-6,8H2,1-4H3,(H,21,30)(H,22,26)/t14?,16?,17-,18-,19-/m1/s1. The molecule has 5 atom stereocenters. The second-order valence-corrected chi connectivity index (χ2v) is 7.90. The van der Waals surface area contributed by atoms with Crippen molar-refractivity contribution in [2.24, 2.45) is 0 Å². The van der Waals surface area contributed by atoms with Crippen LogP contribution in [0.4, 0.5) is 0 Å². The van der Waals surface area contributed by atoms with Crippen molar-refractivity contribution in [1.29, 1.82) is 0 Å². The first-order valence-electron chi connectivity index (χ1n) is 10.2. The van der Waals surface area contributed by atoms with Crippen molar-refractivity contribution in [1.82, 2.24) is 25.6 Å². The van der Waals surface area contributed by atoms with E-state index in [-0.39, 0.29) is 24.4 Å². The van der Waals surface area contributed by atoms with Crippen molar-refractivity contribution in [3.63, 3.8) is 0 Å². The Morgan fingerprint density at radius 2 is 1.71 bits per heavy atom. The molecule has 1 aromatic rings. The maximum atomic E-state index is 12.0. The number of halogens is 1. The number of esters is 3. The fourth-order valence-corrected chi connectivity index (χ4v) is 3.49. The largest absolute Gasteiger partial charge is 0.463 e. The fraction of sp³-hybridized carbons (Fsp3) is 0.632. The van der Waals surface area contributed by atoms with Crippen molar-refractivity contribution >= 4 is 45.7 Å². The SMILES string of the molecule is CC(=O)NC1[C@@H](OC(C)=O)[C@H](OC(C)=O)C(COC(C)=O)O[C@H]1n1cc(CNC(=O)CBr)nn1. The van der Waals surface area contributed by atoms with Crippen molar-refractivity contribution in [2.75, 3.05) is 11.9 Å². The molecule has 1 fully saturated rings. The summed E-state index contributed by atoms with van der Waals surface area (Å²) in [7, 11) is 0. The molecule has 0 spiro atoms. The van der Waals surface area contributed by atoms with Crippen LogP contribution in [0.1, 0.15) is 39.6 Å². The number of carbonyl (C=O) groups is 5. The van der Waals surface area contributed by atoms with E-state index in [1.54, 1.807) is 0 Å². The third kappa shape index (κ3) is 7.76. The molecule has 2 rings (SSSR count). The Hall–Kier alpha value is -3.07. The van der Waals surface area contributed by atoms with Crippen LogP contribution in [0.5, 0.6) is 0 Å². The van der Waals surface area contributed by atoms with E-state index in [1.807, 2.05) is 0 Å². The number of alkyl halides is 1. The smallest absolute Gasteiger partial charge is 0.303 e. The minimum Gasteiger partial charge on any atom is -0.463 e. The average Bonchev–Trinajstić information content (AvgIpc) is 3.21. The number of nitrogens with zero attached hydrogens (tertiary/aromatic N) is 3. The van der Waals surface area contributed by atoms with Gasteiger partial charge in [0, 0.05) is 27.7 Å². The highest BCUT2D eigenvalue weighted by Gasteiger charge is 2.51. The Morgan fingerprint density at radius 3 is 2.26 bits per heavy atom. The molecule has 0 saturated carbocycles. The van der Waals surface area contributed by atoms with Crippen LogP contribution >= 0.6 is 15.9 Å². The average molecular weight is 548 g/mol. The first kappa shape index (κ1) is 27.2. The van der Waals surface area contributed by atoms with Gasteiger partial charge in [-0.15, -0.1) is 5.10 Å². The molecule has 2 amide bonds. The van der Waals surface area contributed by atoms with E-state index in [4.69, 9.17) is 18.9 Å². The molecule has 2 N–H and O–H groups in total. The maximum absolute atomic E-state index is 12.0. The minimum absolute atomic E-state index is 0.0717. The van der Waals surface area contributed by atoms with Gasteiger partial charge in [0.1, 0.15) is 24.4 Å². The predicted octanol–water partition coefficient (Wildman–Crippen LogP) is -0.882. The van der Waals surface area contributed by atoms with Crippen LogP contribution in [0.15, 0.2) is 6.20 Å². The zero-order valence-electron chi connectivity index (χ0n) is 19.0. The molecule has 15 heteroatoms. The molecule has 2 heterocycles. The van der Waals surface area contributed by atoms with E-state index < -0.39 is 54.4 Å². The summed E-state index contributed by atoms with van der Waals surface area (Å²) in [5.41, 5.74) is 0.377. The number of hydrogen-bond donors (Lipinski definition) is 2. The predicted molar refractivity (Wildman–Crippen MR) is 115 cm³/mol. The molecule has 1 saturated heterocycles. The lowest BCUT2D eigenvalue weighted by Gasteiger charge is -2.45. The van der Waals surface area contributed by atoms with Crippen LogP contribution in [0, 0.1) is 0 Å². The van der Waals surface area contributed by atoms with Gasteiger partial charge in [0.15, 0.2) is 18.4 Å². The van der Waals surface area contributed by atoms with Crippen LogP contribution < -0.4 is 10.6 Å². The zero-order chi connectivity index (χ0) is 25.4. The van der Waals surface area contributed by atoms with E-state index in [0.29, 0.717) is 5.69 Å². The Bertz CT molecular complexity index is 924. The quantitative estimate of drug-likeness (QED) is 0.223. The Kier molecular flexibility index (Phi) is 9.92. The summed E-state index contributed by atoms with van der Waals surface area (Å²) >= 11 is 3.04. The van der Waals surface area contributed by atoms with Crippen LogP contribution in [-0.2, 0) is 49.5 Å². The number of aromatic nitrogens is 3. The number of hydrogen-bond acceptors (Lipinski definition) is 11. The Labute approximate surface area is 203 Å². The lowest BCUT2D eigenvalue weighted by Crippen LogP contribution is -2.64. The summed E-state index contributed by atoms with van der Waals surface area (Å²) in [5.74, 6) is -2.77. The maximum Gasteiger partial charge on any atom is 0.303 e. The lowest BCUT2D eigenvalue weighted by atomic mass is 9.95. The van der Waals surface area contributed by atoms with Crippen molar-refractivity contribution in [3.8, 4) is 0 Å². The summed E-state index contributed by atoms with van der Waals surface area (Å²) in [6.07, 6.45) is -3.14. The van der Waals surface area contributed by atoms with Crippen LogP contribution in [-0.4, -0.2) is 81.0 Å². The molecule has 1 aliphatic heterocycles. The van der Waals surface area contributed by atoms with Gasteiger partial charge in [-0.2, -0.15) is 0 Å². The highest BCUT2D eigenvalue weighted by Crippen LogP contribution is 2.32. The Morgan fingerprint density at radius 1 is 1.06 bits per heavy atom. The lowest BCUT2D eigenvalue weighted by molar-refractivity contribution is -0.239. The second kappa shape index (κ2) is 12.4. The molecule has 1 aliphatic rings. The van der Waals surface area contributed by atoms with Gasteiger partial charge in [-0.05, 0) is 0 Å². The summed E-state index contributed by atoms with van der Waals surface area (Å²) in [4.78, 5) is 58.5. The van der Waals surface area contributed by atoms with E-state index in [1.165, 1.54) is 24.7 Å². The number of nitrogens with one attached hydrogen (secondary N) is 2. The highest BCUT2D eigenvalue weighted by molar-refractivity contribution is 9.09. The van der Waals surface area contributed by atoms with E-state index >= 15 is 0 Å². The third-order valence-corrected chi connectivity index (χ3v) is 5.01. The van der Waals surface area contributed by atoms with E-state index in [9.17, 15) is 24.0 Å². The highest BCUT2D eigenvalue weighted by atomic mass is 79.9. The zero-order valence-corrected chi connectivity index (χ0v) is 20.6. The molecule has 34 heavy (non-hydrogen) atoms. The van der Waals surface area contributed by atoms with Crippen LogP contribution in [0.3, 0.4) is 0 Å². The molecule has 0 aliphatic carbocycles.